The Morgan fingerprint density at radius 1 is 1.26 bits per heavy atom. The van der Waals surface area contributed by atoms with Crippen molar-refractivity contribution in [3.8, 4) is 5.75 Å². The van der Waals surface area contributed by atoms with E-state index in [0.29, 0.717) is 11.3 Å². The molecule has 0 atom stereocenters. The van der Waals surface area contributed by atoms with E-state index in [1.807, 2.05) is 0 Å². The van der Waals surface area contributed by atoms with Gasteiger partial charge < -0.3 is 10.1 Å². The zero-order chi connectivity index (χ0) is 20.2. The van der Waals surface area contributed by atoms with Gasteiger partial charge in [0.05, 0.1) is 29.7 Å². The van der Waals surface area contributed by atoms with Crippen LogP contribution in [0.2, 0.25) is 0 Å². The summed E-state index contributed by atoms with van der Waals surface area (Å²) in [5, 5.41) is 13.4. The lowest BCUT2D eigenvalue weighted by molar-refractivity contribution is -0.384. The lowest BCUT2D eigenvalue weighted by Gasteiger charge is -2.23. The van der Waals surface area contributed by atoms with Gasteiger partial charge in [-0.1, -0.05) is 18.2 Å². The maximum absolute atomic E-state index is 12.4. The Hall–Kier alpha value is -3.14. The highest BCUT2D eigenvalue weighted by Crippen LogP contribution is 2.29. The summed E-state index contributed by atoms with van der Waals surface area (Å²) in [4.78, 5) is 22.8. The smallest absolute Gasteiger partial charge is 0.271 e. The van der Waals surface area contributed by atoms with Crippen LogP contribution in [-0.4, -0.2) is 39.2 Å². The van der Waals surface area contributed by atoms with Crippen molar-refractivity contribution in [2.24, 2.45) is 0 Å². The average Bonchev–Trinajstić information content (AvgIpc) is 2.60. The third-order valence-electron chi connectivity index (χ3n) is 3.75. The molecule has 0 unspecified atom stereocenters. The Labute approximate surface area is 156 Å². The van der Waals surface area contributed by atoms with Crippen molar-refractivity contribution >= 4 is 33.0 Å². The first-order valence-corrected chi connectivity index (χ1v) is 9.64. The molecule has 27 heavy (non-hydrogen) atoms. The van der Waals surface area contributed by atoms with Crippen LogP contribution < -0.4 is 14.4 Å². The highest BCUT2D eigenvalue weighted by Gasteiger charge is 2.24. The number of nitrogens with one attached hydrogen (secondary N) is 1. The van der Waals surface area contributed by atoms with E-state index in [9.17, 15) is 23.3 Å². The van der Waals surface area contributed by atoms with Crippen LogP contribution in [0, 0.1) is 17.0 Å². The van der Waals surface area contributed by atoms with E-state index in [1.165, 1.54) is 31.4 Å². The number of rotatable bonds is 7. The van der Waals surface area contributed by atoms with Crippen LogP contribution in [0.15, 0.2) is 42.5 Å². The number of sulfonamides is 1. The molecule has 0 aliphatic heterocycles. The molecule has 1 amide bonds. The van der Waals surface area contributed by atoms with Crippen LogP contribution in [0.5, 0.6) is 5.75 Å². The maximum Gasteiger partial charge on any atom is 0.271 e. The normalized spacial score (nSPS) is 10.9. The van der Waals surface area contributed by atoms with Gasteiger partial charge in [-0.15, -0.1) is 0 Å². The topological polar surface area (TPSA) is 119 Å². The van der Waals surface area contributed by atoms with Gasteiger partial charge in [0.25, 0.3) is 5.69 Å². The molecule has 0 heterocycles. The minimum Gasteiger partial charge on any atom is -0.495 e. The SMILES string of the molecule is COc1ccccc1N(CC(=O)Nc1cc([N+](=O)[O-])ccc1C)S(C)(=O)=O. The van der Waals surface area contributed by atoms with E-state index in [2.05, 4.69) is 5.32 Å². The number of aryl methyl sites for hydroxylation is 1. The number of carbonyl (C=O) groups is 1. The number of amides is 1. The number of non-ortho nitro benzene ring substituents is 1. The van der Waals surface area contributed by atoms with Crippen LogP contribution in [0.3, 0.4) is 0 Å². The van der Waals surface area contributed by atoms with Gasteiger partial charge in [-0.3, -0.25) is 19.2 Å². The first-order chi connectivity index (χ1) is 12.6. The number of nitro benzene ring substituents is 1. The monoisotopic (exact) mass is 393 g/mol. The number of benzene rings is 2. The quantitative estimate of drug-likeness (QED) is 0.569. The van der Waals surface area contributed by atoms with Crippen LogP contribution in [0.4, 0.5) is 17.1 Å². The minimum absolute atomic E-state index is 0.180. The highest BCUT2D eigenvalue weighted by atomic mass is 32.2. The summed E-state index contributed by atoms with van der Waals surface area (Å²) in [6.45, 7) is 1.16. The molecule has 1 N–H and O–H groups in total. The molecular weight excluding hydrogens is 374 g/mol. The molecule has 2 aromatic rings. The van der Waals surface area contributed by atoms with Crippen molar-refractivity contribution < 1.29 is 22.9 Å². The largest absolute Gasteiger partial charge is 0.495 e. The summed E-state index contributed by atoms with van der Waals surface area (Å²) < 4.78 is 30.5. The molecular formula is C17H19N3O6S. The van der Waals surface area contributed by atoms with Gasteiger partial charge in [0.15, 0.2) is 0 Å². The molecule has 0 saturated carbocycles. The van der Waals surface area contributed by atoms with Crippen LogP contribution in [0.1, 0.15) is 5.56 Å². The molecule has 10 heteroatoms. The van der Waals surface area contributed by atoms with E-state index in [1.54, 1.807) is 25.1 Å². The molecule has 0 aliphatic rings. The van der Waals surface area contributed by atoms with Crippen molar-refractivity contribution in [1.82, 2.24) is 0 Å². The average molecular weight is 393 g/mol. The first-order valence-electron chi connectivity index (χ1n) is 7.79. The van der Waals surface area contributed by atoms with E-state index in [4.69, 9.17) is 4.74 Å². The number of nitro groups is 1. The lowest BCUT2D eigenvalue weighted by Crippen LogP contribution is -2.37. The Balaban J connectivity index is 2.31. The fraction of sp³-hybridized carbons (Fsp3) is 0.235. The number of hydrogen-bond donors (Lipinski definition) is 1. The van der Waals surface area contributed by atoms with Gasteiger partial charge in [-0.05, 0) is 24.6 Å². The molecule has 0 spiro atoms. The second kappa shape index (κ2) is 8.04. The molecule has 0 radical (unpaired) electrons. The molecule has 2 rings (SSSR count). The number of nitrogens with zero attached hydrogens (tertiary/aromatic N) is 2. The van der Waals surface area contributed by atoms with Gasteiger partial charge in [0.1, 0.15) is 12.3 Å². The fourth-order valence-electron chi connectivity index (χ4n) is 2.40. The van der Waals surface area contributed by atoms with Crippen molar-refractivity contribution in [2.45, 2.75) is 6.92 Å². The van der Waals surface area contributed by atoms with E-state index in [-0.39, 0.29) is 17.1 Å². The third-order valence-corrected chi connectivity index (χ3v) is 4.87. The van der Waals surface area contributed by atoms with Crippen molar-refractivity contribution in [3.05, 3.63) is 58.1 Å². The van der Waals surface area contributed by atoms with E-state index >= 15 is 0 Å². The first kappa shape index (κ1) is 20.2. The summed E-state index contributed by atoms with van der Waals surface area (Å²) >= 11 is 0. The molecule has 2 aromatic carbocycles. The predicted molar refractivity (Wildman–Crippen MR) is 102 cm³/mol. The molecule has 9 nitrogen and oxygen atoms in total. The number of hydrogen-bond acceptors (Lipinski definition) is 6. The van der Waals surface area contributed by atoms with Gasteiger partial charge in [0.2, 0.25) is 15.9 Å². The number of para-hydroxylation sites is 2. The van der Waals surface area contributed by atoms with Crippen molar-refractivity contribution in [1.29, 1.82) is 0 Å². The summed E-state index contributed by atoms with van der Waals surface area (Å²) in [6, 6.07) is 10.4. The van der Waals surface area contributed by atoms with Gasteiger partial charge in [-0.25, -0.2) is 8.42 Å². The number of carbonyl (C=O) groups excluding carboxylic acids is 1. The Morgan fingerprint density at radius 3 is 2.52 bits per heavy atom. The Bertz CT molecular complexity index is 974. The Kier molecular flexibility index (Phi) is 6.01. The standard InChI is InChI=1S/C17H19N3O6S/c1-12-8-9-13(20(22)23)10-14(12)18-17(21)11-19(27(3,24)25)15-6-4-5-7-16(15)26-2/h4-10H,11H2,1-3H3,(H,18,21). The molecule has 0 fully saturated rings. The third kappa shape index (κ3) is 4.94. The predicted octanol–water partition coefficient (Wildman–Crippen LogP) is 2.32. The van der Waals surface area contributed by atoms with Gasteiger partial charge in [0, 0.05) is 12.1 Å². The minimum atomic E-state index is -3.79. The van der Waals surface area contributed by atoms with Gasteiger partial charge in [-0.2, -0.15) is 0 Å². The van der Waals surface area contributed by atoms with Crippen LogP contribution >= 0.6 is 0 Å². The molecule has 0 bridgehead atoms. The number of methoxy groups -OCH3 is 1. The highest BCUT2D eigenvalue weighted by molar-refractivity contribution is 7.92. The number of ether oxygens (including phenoxy) is 1. The second-order valence-corrected chi connectivity index (χ2v) is 7.65. The molecule has 0 aliphatic carbocycles. The van der Waals surface area contributed by atoms with Gasteiger partial charge >= 0.3 is 0 Å². The summed E-state index contributed by atoms with van der Waals surface area (Å²) in [5.41, 5.74) is 0.883. The van der Waals surface area contributed by atoms with E-state index < -0.39 is 27.4 Å². The van der Waals surface area contributed by atoms with Crippen molar-refractivity contribution in [3.63, 3.8) is 0 Å². The molecule has 144 valence electrons. The second-order valence-electron chi connectivity index (χ2n) is 5.75. The fourth-order valence-corrected chi connectivity index (χ4v) is 3.26. The zero-order valence-electron chi connectivity index (χ0n) is 15.0. The maximum atomic E-state index is 12.4. The summed E-state index contributed by atoms with van der Waals surface area (Å²) in [5.74, 6) is -0.350. The lowest BCUT2D eigenvalue weighted by atomic mass is 10.2. The summed E-state index contributed by atoms with van der Waals surface area (Å²) in [7, 11) is -2.39. The molecule has 0 saturated heterocycles. The number of anilines is 2. The van der Waals surface area contributed by atoms with Crippen LogP contribution in [0.25, 0.3) is 0 Å². The van der Waals surface area contributed by atoms with Crippen molar-refractivity contribution in [2.75, 3.05) is 29.5 Å². The molecule has 0 aromatic heterocycles. The van der Waals surface area contributed by atoms with Crippen LogP contribution in [-0.2, 0) is 14.8 Å². The zero-order valence-corrected chi connectivity index (χ0v) is 15.8. The Morgan fingerprint density at radius 2 is 1.93 bits per heavy atom. The van der Waals surface area contributed by atoms with E-state index in [0.717, 1.165) is 10.6 Å². The summed E-state index contributed by atoms with van der Waals surface area (Å²) in [6.07, 6.45) is 0.978.